The van der Waals surface area contributed by atoms with Crippen molar-refractivity contribution in [3.05, 3.63) is 58.9 Å². The fourth-order valence-electron chi connectivity index (χ4n) is 3.71. The monoisotopic (exact) mass is 415 g/mol. The van der Waals surface area contributed by atoms with Crippen LogP contribution < -0.4 is 0 Å². The fourth-order valence-corrected chi connectivity index (χ4v) is 3.71. The van der Waals surface area contributed by atoms with E-state index in [4.69, 9.17) is 18.9 Å². The van der Waals surface area contributed by atoms with E-state index in [1.807, 2.05) is 0 Å². The third-order valence-electron chi connectivity index (χ3n) is 5.18. The molecule has 0 spiro atoms. The summed E-state index contributed by atoms with van der Waals surface area (Å²) >= 11 is 0. The summed E-state index contributed by atoms with van der Waals surface area (Å²) in [6, 6.07) is 6.54. The zero-order valence-corrected chi connectivity index (χ0v) is 17.3. The standard InChI is InChI=1S/C22H25NO7/c1-27-20(24)15-8-6-14(7-9-15)19-17(21(25)28-2)12-23(11-16-5-4-10-30-16)13-18(19)22(26)29-3/h6-9,12-13,16,19H,4-5,10-11H2,1-3H3/t16-/m1/s1. The second kappa shape index (κ2) is 9.58. The molecule has 3 rings (SSSR count). The Bertz CT molecular complexity index is 832. The molecule has 8 heteroatoms. The summed E-state index contributed by atoms with van der Waals surface area (Å²) in [5, 5.41) is 0. The van der Waals surface area contributed by atoms with E-state index >= 15 is 0 Å². The summed E-state index contributed by atoms with van der Waals surface area (Å²) in [5.41, 5.74) is 1.60. The molecule has 1 fully saturated rings. The quantitative estimate of drug-likeness (QED) is 0.516. The molecule has 30 heavy (non-hydrogen) atoms. The Morgan fingerprint density at radius 1 is 0.933 bits per heavy atom. The molecule has 2 aliphatic rings. The fraction of sp³-hybridized carbons (Fsp3) is 0.409. The summed E-state index contributed by atoms with van der Waals surface area (Å²) in [7, 11) is 3.89. The van der Waals surface area contributed by atoms with E-state index in [1.165, 1.54) is 21.3 Å². The van der Waals surface area contributed by atoms with Gasteiger partial charge in [-0.05, 0) is 30.5 Å². The molecule has 0 aromatic heterocycles. The smallest absolute Gasteiger partial charge is 0.337 e. The minimum absolute atomic E-state index is 0.0196. The second-order valence-corrected chi connectivity index (χ2v) is 7.03. The second-order valence-electron chi connectivity index (χ2n) is 7.03. The Balaban J connectivity index is 2.00. The van der Waals surface area contributed by atoms with E-state index in [1.54, 1.807) is 41.6 Å². The lowest BCUT2D eigenvalue weighted by atomic mass is 9.83. The summed E-state index contributed by atoms with van der Waals surface area (Å²) < 4.78 is 20.4. The first-order valence-electron chi connectivity index (χ1n) is 9.64. The van der Waals surface area contributed by atoms with Crippen molar-refractivity contribution in [2.24, 2.45) is 0 Å². The number of hydrogen-bond acceptors (Lipinski definition) is 8. The molecule has 0 bridgehead atoms. The Hall–Kier alpha value is -3.13. The average molecular weight is 415 g/mol. The van der Waals surface area contributed by atoms with Gasteiger partial charge in [0.1, 0.15) is 0 Å². The van der Waals surface area contributed by atoms with E-state index in [-0.39, 0.29) is 6.10 Å². The Morgan fingerprint density at radius 2 is 1.50 bits per heavy atom. The first-order valence-corrected chi connectivity index (χ1v) is 9.64. The molecule has 0 radical (unpaired) electrons. The van der Waals surface area contributed by atoms with Gasteiger partial charge in [0.2, 0.25) is 0 Å². The first kappa shape index (κ1) is 21.6. The number of hydrogen-bond donors (Lipinski definition) is 0. The van der Waals surface area contributed by atoms with Crippen LogP contribution in [-0.2, 0) is 28.5 Å². The average Bonchev–Trinajstić information content (AvgIpc) is 3.30. The van der Waals surface area contributed by atoms with Gasteiger partial charge in [0, 0.05) is 25.6 Å². The van der Waals surface area contributed by atoms with Gasteiger partial charge in [0.25, 0.3) is 0 Å². The number of ether oxygens (including phenoxy) is 4. The lowest BCUT2D eigenvalue weighted by molar-refractivity contribution is -0.137. The zero-order chi connectivity index (χ0) is 21.7. The van der Waals surface area contributed by atoms with Gasteiger partial charge < -0.3 is 23.8 Å². The van der Waals surface area contributed by atoms with Crippen LogP contribution in [0.4, 0.5) is 0 Å². The van der Waals surface area contributed by atoms with Gasteiger partial charge in [-0.3, -0.25) is 0 Å². The molecular weight excluding hydrogens is 390 g/mol. The van der Waals surface area contributed by atoms with Crippen molar-refractivity contribution in [3.63, 3.8) is 0 Å². The van der Waals surface area contributed by atoms with Crippen molar-refractivity contribution in [2.45, 2.75) is 24.9 Å². The summed E-state index contributed by atoms with van der Waals surface area (Å²) in [6.45, 7) is 1.21. The lowest BCUT2D eigenvalue weighted by Gasteiger charge is -2.31. The van der Waals surface area contributed by atoms with Crippen molar-refractivity contribution >= 4 is 17.9 Å². The number of benzene rings is 1. The lowest BCUT2D eigenvalue weighted by Crippen LogP contribution is -2.32. The number of carbonyl (C=O) groups excluding carboxylic acids is 3. The summed E-state index contributed by atoms with van der Waals surface area (Å²) in [6.07, 6.45) is 5.27. The maximum absolute atomic E-state index is 12.6. The predicted octanol–water partition coefficient (Wildman–Crippen LogP) is 2.17. The van der Waals surface area contributed by atoms with E-state index in [9.17, 15) is 14.4 Å². The number of methoxy groups -OCH3 is 3. The maximum atomic E-state index is 12.6. The highest BCUT2D eigenvalue weighted by Gasteiger charge is 2.36. The van der Waals surface area contributed by atoms with Crippen LogP contribution in [0, 0.1) is 0 Å². The van der Waals surface area contributed by atoms with Gasteiger partial charge in [-0.25, -0.2) is 14.4 Å². The molecule has 1 saturated heterocycles. The van der Waals surface area contributed by atoms with Crippen molar-refractivity contribution in [1.29, 1.82) is 0 Å². The van der Waals surface area contributed by atoms with Crippen LogP contribution in [0.5, 0.6) is 0 Å². The maximum Gasteiger partial charge on any atom is 0.337 e. The molecular formula is C22H25NO7. The van der Waals surface area contributed by atoms with Gasteiger partial charge in [-0.2, -0.15) is 0 Å². The van der Waals surface area contributed by atoms with Crippen LogP contribution >= 0.6 is 0 Å². The molecule has 2 aliphatic heterocycles. The Morgan fingerprint density at radius 3 is 1.97 bits per heavy atom. The van der Waals surface area contributed by atoms with Crippen molar-refractivity contribution in [1.82, 2.24) is 4.90 Å². The Labute approximate surface area is 175 Å². The van der Waals surface area contributed by atoms with Crippen LogP contribution in [0.15, 0.2) is 47.8 Å². The molecule has 0 saturated carbocycles. The van der Waals surface area contributed by atoms with Crippen LogP contribution in [0.3, 0.4) is 0 Å². The highest BCUT2D eigenvalue weighted by Crippen LogP contribution is 2.37. The highest BCUT2D eigenvalue weighted by atomic mass is 16.5. The topological polar surface area (TPSA) is 91.4 Å². The number of esters is 3. The molecule has 0 aliphatic carbocycles. The molecule has 1 atom stereocenters. The number of rotatable bonds is 6. The SMILES string of the molecule is COC(=O)C1=CN(C[C@H]2CCCO2)C=C(C(=O)OC)C1c1ccc(C(=O)OC)cc1. The third kappa shape index (κ3) is 4.54. The van der Waals surface area contributed by atoms with E-state index < -0.39 is 23.8 Å². The van der Waals surface area contributed by atoms with Crippen LogP contribution in [0.25, 0.3) is 0 Å². The van der Waals surface area contributed by atoms with Gasteiger partial charge in [0.05, 0.1) is 50.1 Å². The number of nitrogens with zero attached hydrogens (tertiary/aromatic N) is 1. The normalized spacial score (nSPS) is 19.0. The van der Waals surface area contributed by atoms with Gasteiger partial charge in [0.15, 0.2) is 0 Å². The molecule has 1 aromatic rings. The highest BCUT2D eigenvalue weighted by molar-refractivity contribution is 5.98. The minimum atomic E-state index is -0.697. The summed E-state index contributed by atoms with van der Waals surface area (Å²) in [4.78, 5) is 38.7. The Kier molecular flexibility index (Phi) is 6.89. The van der Waals surface area contributed by atoms with Crippen LogP contribution in [-0.4, -0.2) is 63.4 Å². The molecule has 1 aromatic carbocycles. The van der Waals surface area contributed by atoms with E-state index in [2.05, 4.69) is 0 Å². The summed E-state index contributed by atoms with van der Waals surface area (Å²) in [5.74, 6) is -2.27. The van der Waals surface area contributed by atoms with Gasteiger partial charge in [-0.1, -0.05) is 12.1 Å². The molecule has 0 unspecified atom stereocenters. The van der Waals surface area contributed by atoms with Gasteiger partial charge in [-0.15, -0.1) is 0 Å². The third-order valence-corrected chi connectivity index (χ3v) is 5.18. The first-order chi connectivity index (χ1) is 14.5. The number of carbonyl (C=O) groups is 3. The minimum Gasteiger partial charge on any atom is -0.466 e. The van der Waals surface area contributed by atoms with Crippen molar-refractivity contribution in [3.8, 4) is 0 Å². The molecule has 0 N–H and O–H groups in total. The van der Waals surface area contributed by atoms with Crippen molar-refractivity contribution in [2.75, 3.05) is 34.5 Å². The largest absolute Gasteiger partial charge is 0.466 e. The van der Waals surface area contributed by atoms with Crippen LogP contribution in [0.2, 0.25) is 0 Å². The predicted molar refractivity (Wildman–Crippen MR) is 106 cm³/mol. The molecule has 2 heterocycles. The molecule has 0 amide bonds. The van der Waals surface area contributed by atoms with Crippen molar-refractivity contribution < 1.29 is 33.3 Å². The zero-order valence-electron chi connectivity index (χ0n) is 17.3. The molecule has 160 valence electrons. The van der Waals surface area contributed by atoms with Crippen LogP contribution in [0.1, 0.15) is 34.7 Å². The van der Waals surface area contributed by atoms with E-state index in [0.717, 1.165) is 12.8 Å². The molecule has 8 nitrogen and oxygen atoms in total. The van der Waals surface area contributed by atoms with E-state index in [0.29, 0.717) is 35.4 Å². The van der Waals surface area contributed by atoms with Gasteiger partial charge >= 0.3 is 17.9 Å².